The number of anilines is 2. The van der Waals surface area contributed by atoms with Gasteiger partial charge in [-0.15, -0.1) is 11.3 Å². The van der Waals surface area contributed by atoms with Crippen LogP contribution in [0.3, 0.4) is 0 Å². The van der Waals surface area contributed by atoms with Crippen LogP contribution < -0.4 is 26.2 Å². The number of aliphatic hydroxyl groups excluding tert-OH is 1. The zero-order valence-electron chi connectivity index (χ0n) is 43.7. The van der Waals surface area contributed by atoms with Gasteiger partial charge in [-0.3, -0.25) is 28.5 Å². The van der Waals surface area contributed by atoms with Crippen LogP contribution in [-0.4, -0.2) is 134 Å². The molecular formula is C54H68F2N12O7S. The molecule has 2 saturated heterocycles. The van der Waals surface area contributed by atoms with Gasteiger partial charge in [0, 0.05) is 113 Å². The number of β-amino-alcohol motifs (C(OH)–C–C–N with tert-alkyl or cyclic N) is 1. The van der Waals surface area contributed by atoms with Gasteiger partial charge in [-0.05, 0) is 72.4 Å². The molecule has 2 fully saturated rings. The highest BCUT2D eigenvalue weighted by molar-refractivity contribution is 7.13. The highest BCUT2D eigenvalue weighted by Gasteiger charge is 2.45. The van der Waals surface area contributed by atoms with Gasteiger partial charge in [0.2, 0.25) is 23.6 Å². The fraction of sp³-hybridized carbons (Fsp3) is 0.519. The number of halogens is 2. The Morgan fingerprint density at radius 1 is 0.974 bits per heavy atom. The van der Waals surface area contributed by atoms with Gasteiger partial charge in [0.15, 0.2) is 5.82 Å². The third-order valence-corrected chi connectivity index (χ3v) is 15.8. The molecule has 0 bridgehead atoms. The monoisotopic (exact) mass is 1070 g/mol. The lowest BCUT2D eigenvalue weighted by atomic mass is 9.85. The lowest BCUT2D eigenvalue weighted by Crippen LogP contribution is -2.57. The Morgan fingerprint density at radius 3 is 2.45 bits per heavy atom. The summed E-state index contributed by atoms with van der Waals surface area (Å²) in [6, 6.07) is 9.14. The van der Waals surface area contributed by atoms with Gasteiger partial charge in [0.1, 0.15) is 12.1 Å². The van der Waals surface area contributed by atoms with Crippen LogP contribution in [0.4, 0.5) is 25.1 Å². The summed E-state index contributed by atoms with van der Waals surface area (Å²) in [7, 11) is 1.61. The number of aryl methyl sites for hydroxylation is 2. The third kappa shape index (κ3) is 11.9. The molecule has 4 aliphatic heterocycles. The van der Waals surface area contributed by atoms with Crippen molar-refractivity contribution in [3.8, 4) is 21.6 Å². The first-order valence-corrected chi connectivity index (χ1v) is 27.1. The van der Waals surface area contributed by atoms with Gasteiger partial charge in [-0.1, -0.05) is 45.0 Å². The number of carbonyl (C=O) groups excluding carboxylic acids is 5. The van der Waals surface area contributed by atoms with Crippen molar-refractivity contribution in [3.05, 3.63) is 87.9 Å². The maximum absolute atomic E-state index is 15.1. The number of hydrogen-bond donors (Lipinski definition) is 5. The minimum absolute atomic E-state index is 0.0476. The number of urea groups is 1. The lowest BCUT2D eigenvalue weighted by Gasteiger charge is -2.35. The molecule has 2 aromatic carbocycles. The smallest absolute Gasteiger partial charge is 0.317 e. The Kier molecular flexibility index (Phi) is 16.5. The number of likely N-dealkylation sites (tertiary alicyclic amines) is 1. The molecule has 19 nitrogen and oxygen atoms in total. The van der Waals surface area contributed by atoms with Crippen molar-refractivity contribution in [3.63, 3.8) is 0 Å². The predicted octanol–water partition coefficient (Wildman–Crippen LogP) is 5.95. The van der Waals surface area contributed by atoms with Crippen LogP contribution in [0.1, 0.15) is 105 Å². The summed E-state index contributed by atoms with van der Waals surface area (Å²) in [4.78, 5) is 77.3. The number of nitrogens with zero attached hydrogens (tertiary/aromatic N) is 8. The Morgan fingerprint density at radius 2 is 1.74 bits per heavy atom. The second-order valence-electron chi connectivity index (χ2n) is 21.2. The van der Waals surface area contributed by atoms with Crippen molar-refractivity contribution in [2.24, 2.45) is 5.41 Å². The molecule has 0 saturated carbocycles. The number of carbonyl (C=O) groups is 5. The Balaban J connectivity index is 0.791. The molecule has 0 radical (unpaired) electrons. The standard InChI is InChI=1S/C54H68F2N12O7S/c1-32-47(76-31-60-32)34-10-8-33(9-11-34)26-59-51(72)44-24-38(69)29-67(44)52(73)48(54(2,3)4)62-46(71)13-12-45(70)58-17-20-65-28-36(27-61-65)39-23-35-7-6-18-66(43(35)25-40(39)49(55)56)50-41-30-64(53(74)57-5)19-14-42(41)68(63-50)37-15-21-75-22-16-37/h8-11,23,25,27-28,31,37-38,44,48-49,69H,6-7,12-22,24,26,29-30H2,1-5H3,(H,57,74)(H,58,70)(H,59,72)(H,62,71)/t38-,44+,48-/m1/s1. The maximum atomic E-state index is 15.1. The molecule has 3 aromatic heterocycles. The second-order valence-corrected chi connectivity index (χ2v) is 22.0. The molecule has 5 N–H and O–H groups in total. The van der Waals surface area contributed by atoms with E-state index in [2.05, 4.69) is 36.0 Å². The van der Waals surface area contributed by atoms with Crippen LogP contribution in [0.2, 0.25) is 0 Å². The van der Waals surface area contributed by atoms with E-state index in [0.717, 1.165) is 57.8 Å². The van der Waals surface area contributed by atoms with Crippen LogP contribution in [-0.2, 0) is 56.4 Å². The molecule has 76 heavy (non-hydrogen) atoms. The van der Waals surface area contributed by atoms with Crippen LogP contribution in [0.25, 0.3) is 21.6 Å². The zero-order valence-corrected chi connectivity index (χ0v) is 44.6. The van der Waals surface area contributed by atoms with E-state index >= 15 is 8.78 Å². The maximum Gasteiger partial charge on any atom is 0.317 e. The molecule has 0 unspecified atom stereocenters. The largest absolute Gasteiger partial charge is 0.391 e. The van der Waals surface area contributed by atoms with Crippen molar-refractivity contribution in [2.45, 2.75) is 129 Å². The molecule has 6 amide bonds. The SMILES string of the molecule is CNC(=O)N1CCc2c(c(N3CCCc4cc(-c5cnn(CCNC(=O)CCC(=O)N[C@H](C(=O)N6C[C@H](O)C[C@H]6C(=O)NCc6ccc(-c7scnc7C)cc6)C(C)(C)C)c5)c(C(F)F)cc43)nn2C2CCOCC2)C1. The van der Waals surface area contributed by atoms with Crippen molar-refractivity contribution >= 4 is 52.5 Å². The molecular weight excluding hydrogens is 999 g/mol. The van der Waals surface area contributed by atoms with Crippen molar-refractivity contribution in [1.29, 1.82) is 0 Å². The number of benzene rings is 2. The molecule has 406 valence electrons. The number of ether oxygens (including phenoxy) is 1. The first-order valence-electron chi connectivity index (χ1n) is 26.2. The minimum Gasteiger partial charge on any atom is -0.391 e. The van der Waals surface area contributed by atoms with Gasteiger partial charge in [0.25, 0.3) is 6.43 Å². The quantitative estimate of drug-likeness (QED) is 0.0777. The summed E-state index contributed by atoms with van der Waals surface area (Å²) in [5, 5.41) is 31.5. The first kappa shape index (κ1) is 54.0. The number of amides is 6. The van der Waals surface area contributed by atoms with Crippen molar-refractivity contribution in [1.82, 2.24) is 55.6 Å². The Bertz CT molecular complexity index is 2930. The summed E-state index contributed by atoms with van der Waals surface area (Å²) in [5.41, 5.74) is 8.15. The molecule has 3 atom stereocenters. The van der Waals surface area contributed by atoms with E-state index in [-0.39, 0.29) is 63.1 Å². The highest BCUT2D eigenvalue weighted by atomic mass is 32.1. The number of aliphatic hydroxyl groups is 1. The normalized spacial score (nSPS) is 18.3. The number of fused-ring (bicyclic) bond motifs is 2. The van der Waals surface area contributed by atoms with Crippen molar-refractivity contribution in [2.75, 3.05) is 51.3 Å². The molecule has 5 aromatic rings. The van der Waals surface area contributed by atoms with Gasteiger partial charge in [-0.25, -0.2) is 18.6 Å². The van der Waals surface area contributed by atoms with Crippen LogP contribution >= 0.6 is 11.3 Å². The average Bonchev–Trinajstić information content (AvgIpc) is 4.24. The number of thiazole rings is 1. The van der Waals surface area contributed by atoms with Gasteiger partial charge < -0.3 is 45.8 Å². The van der Waals surface area contributed by atoms with Gasteiger partial charge in [-0.2, -0.15) is 10.2 Å². The summed E-state index contributed by atoms with van der Waals surface area (Å²) in [5.74, 6) is -1.17. The first-order chi connectivity index (χ1) is 36.5. The molecule has 0 aliphatic carbocycles. The number of hydrogen-bond acceptors (Lipinski definition) is 12. The van der Waals surface area contributed by atoms with E-state index in [9.17, 15) is 29.1 Å². The van der Waals surface area contributed by atoms with Crippen LogP contribution in [0, 0.1) is 12.3 Å². The Labute approximate surface area is 444 Å². The number of rotatable bonds is 16. The molecule has 4 aliphatic rings. The van der Waals surface area contributed by atoms with Gasteiger partial charge >= 0.3 is 6.03 Å². The van der Waals surface area contributed by atoms with Gasteiger partial charge in [0.05, 0.1) is 47.5 Å². The van der Waals surface area contributed by atoms with E-state index < -0.39 is 53.7 Å². The van der Waals surface area contributed by atoms with E-state index in [4.69, 9.17) is 9.84 Å². The van der Waals surface area contributed by atoms with Crippen LogP contribution in [0.15, 0.2) is 54.3 Å². The summed E-state index contributed by atoms with van der Waals surface area (Å²) < 4.78 is 39.5. The van der Waals surface area contributed by atoms with Crippen molar-refractivity contribution < 1.29 is 42.6 Å². The zero-order chi connectivity index (χ0) is 53.8. The average molecular weight is 1070 g/mol. The molecule has 0 spiro atoms. The highest BCUT2D eigenvalue weighted by Crippen LogP contribution is 2.44. The minimum atomic E-state index is -2.80. The fourth-order valence-corrected chi connectivity index (χ4v) is 11.6. The predicted molar refractivity (Wildman–Crippen MR) is 282 cm³/mol. The van der Waals surface area contributed by atoms with E-state index in [1.165, 1.54) is 11.1 Å². The fourth-order valence-electron chi connectivity index (χ4n) is 10.8. The summed E-state index contributed by atoms with van der Waals surface area (Å²) >= 11 is 1.55. The molecule has 9 rings (SSSR count). The molecule has 7 heterocycles. The number of nitrogens with one attached hydrogen (secondary N) is 4. The van der Waals surface area contributed by atoms with E-state index in [1.54, 1.807) is 66.5 Å². The summed E-state index contributed by atoms with van der Waals surface area (Å²) in [6.07, 6.45) is 2.85. The number of aromatic nitrogens is 5. The topological polar surface area (TPSA) is 221 Å². The van der Waals surface area contributed by atoms with E-state index in [0.29, 0.717) is 68.3 Å². The summed E-state index contributed by atoms with van der Waals surface area (Å²) in [6.45, 7) is 10.6. The second kappa shape index (κ2) is 23.2. The van der Waals surface area contributed by atoms with Crippen LogP contribution in [0.5, 0.6) is 0 Å². The number of alkyl halides is 2. The van der Waals surface area contributed by atoms with E-state index in [1.807, 2.05) is 42.2 Å². The Hall–Kier alpha value is -6.78. The lowest BCUT2D eigenvalue weighted by molar-refractivity contribution is -0.144. The third-order valence-electron chi connectivity index (χ3n) is 14.9. The molecule has 22 heteroatoms.